The summed E-state index contributed by atoms with van der Waals surface area (Å²) in [6, 6.07) is 4.02. The smallest absolute Gasteiger partial charge is 0.407 e. The van der Waals surface area contributed by atoms with E-state index in [0.717, 1.165) is 42.9 Å². The fourth-order valence-corrected chi connectivity index (χ4v) is 3.85. The minimum Gasteiger partial charge on any atom is -0.446 e. The topological polar surface area (TPSA) is 103 Å². The molecule has 2 aromatic rings. The predicted octanol–water partition coefficient (Wildman–Crippen LogP) is 4.13. The van der Waals surface area contributed by atoms with Gasteiger partial charge in [0.05, 0.1) is 17.8 Å². The third-order valence-corrected chi connectivity index (χ3v) is 5.36. The molecule has 0 radical (unpaired) electrons. The molecule has 2 N–H and O–H groups in total. The van der Waals surface area contributed by atoms with Crippen LogP contribution in [0.2, 0.25) is 0 Å². The molecule has 0 unspecified atom stereocenters. The van der Waals surface area contributed by atoms with Crippen molar-refractivity contribution in [3.63, 3.8) is 0 Å². The van der Waals surface area contributed by atoms with Crippen LogP contribution in [-0.2, 0) is 21.4 Å². The molecule has 2 aromatic heterocycles. The van der Waals surface area contributed by atoms with E-state index in [1.54, 1.807) is 13.3 Å². The van der Waals surface area contributed by atoms with Crippen LogP contribution in [0.5, 0.6) is 0 Å². The quantitative estimate of drug-likeness (QED) is 0.631. The van der Waals surface area contributed by atoms with Gasteiger partial charge >= 0.3 is 6.09 Å². The minimum absolute atomic E-state index is 0.0611. The van der Waals surface area contributed by atoms with Crippen molar-refractivity contribution in [1.29, 1.82) is 0 Å². The van der Waals surface area contributed by atoms with Crippen LogP contribution in [0, 0.1) is 0 Å². The van der Waals surface area contributed by atoms with Crippen molar-refractivity contribution < 1.29 is 14.3 Å². The Balaban J connectivity index is 1.74. The molecular weight excluding hydrogens is 408 g/mol. The number of methoxy groups -OCH3 is 1. The van der Waals surface area contributed by atoms with E-state index in [1.807, 2.05) is 24.6 Å². The standard InChI is InChI=1S/C23H36N6O3/c1-15(2)25-22(30)32-18-8-7-16(13-18)19-14-20(29(28-19)23(3,4)5)27-21-24-11-9-17(26-21)10-12-31-6/h9,11,14-16,18H,7-8,10,12-13H2,1-6H3,(H,25,30)(H,24,26,27)/t16-,18+/m0/s1. The molecule has 3 rings (SSSR count). The number of amides is 1. The first-order valence-electron chi connectivity index (χ1n) is 11.3. The molecule has 1 fully saturated rings. The highest BCUT2D eigenvalue weighted by atomic mass is 16.6. The first kappa shape index (κ1) is 24.0. The van der Waals surface area contributed by atoms with Crippen molar-refractivity contribution in [3.05, 3.63) is 29.7 Å². The molecule has 1 aliphatic carbocycles. The number of carbonyl (C=O) groups excluding carboxylic acids is 1. The van der Waals surface area contributed by atoms with E-state index in [9.17, 15) is 4.79 Å². The SMILES string of the molecule is COCCc1ccnc(Nc2cc([C@H]3CC[C@@H](OC(=O)NC(C)C)C3)nn2C(C)(C)C)n1. The van der Waals surface area contributed by atoms with Crippen molar-refractivity contribution in [2.75, 3.05) is 19.0 Å². The molecule has 0 aromatic carbocycles. The first-order valence-corrected chi connectivity index (χ1v) is 11.3. The first-order chi connectivity index (χ1) is 15.2. The van der Waals surface area contributed by atoms with Gasteiger partial charge in [-0.25, -0.2) is 19.4 Å². The summed E-state index contributed by atoms with van der Waals surface area (Å²) in [5, 5.41) is 11.1. The third kappa shape index (κ3) is 6.41. The molecular formula is C23H36N6O3. The Morgan fingerprint density at radius 2 is 2.09 bits per heavy atom. The average Bonchev–Trinajstić information content (AvgIpc) is 3.33. The summed E-state index contributed by atoms with van der Waals surface area (Å²) < 4.78 is 12.7. The van der Waals surface area contributed by atoms with Crippen molar-refractivity contribution in [2.45, 2.75) is 83.9 Å². The molecule has 0 spiro atoms. The minimum atomic E-state index is -0.348. The van der Waals surface area contributed by atoms with E-state index in [4.69, 9.17) is 14.6 Å². The molecule has 1 saturated carbocycles. The number of hydrogen-bond acceptors (Lipinski definition) is 7. The Labute approximate surface area is 190 Å². The number of nitrogens with one attached hydrogen (secondary N) is 2. The van der Waals surface area contributed by atoms with Crippen molar-refractivity contribution in [3.8, 4) is 0 Å². The zero-order chi connectivity index (χ0) is 23.3. The number of nitrogens with zero attached hydrogens (tertiary/aromatic N) is 4. The van der Waals surface area contributed by atoms with Gasteiger partial charge in [0.25, 0.3) is 0 Å². The van der Waals surface area contributed by atoms with Crippen molar-refractivity contribution >= 4 is 17.9 Å². The number of rotatable bonds is 8. The number of alkyl carbamates (subject to hydrolysis) is 1. The lowest BCUT2D eigenvalue weighted by Gasteiger charge is -2.22. The van der Waals surface area contributed by atoms with Gasteiger partial charge in [-0.05, 0) is 59.9 Å². The maximum Gasteiger partial charge on any atom is 0.407 e. The number of anilines is 2. The Kier molecular flexibility index (Phi) is 7.71. The van der Waals surface area contributed by atoms with E-state index in [-0.39, 0.29) is 29.7 Å². The van der Waals surface area contributed by atoms with Crippen LogP contribution < -0.4 is 10.6 Å². The molecule has 1 aliphatic rings. The highest BCUT2D eigenvalue weighted by Crippen LogP contribution is 2.37. The van der Waals surface area contributed by atoms with Gasteiger partial charge in [0, 0.05) is 43.4 Å². The molecule has 2 atom stereocenters. The van der Waals surface area contributed by atoms with Crippen LogP contribution in [0.1, 0.15) is 71.2 Å². The average molecular weight is 445 g/mol. The number of ether oxygens (including phenoxy) is 2. The number of carbonyl (C=O) groups is 1. The van der Waals surface area contributed by atoms with Gasteiger partial charge in [0.1, 0.15) is 11.9 Å². The van der Waals surface area contributed by atoms with E-state index >= 15 is 0 Å². The Morgan fingerprint density at radius 3 is 2.78 bits per heavy atom. The van der Waals surface area contributed by atoms with Gasteiger partial charge in [-0.15, -0.1) is 0 Å². The van der Waals surface area contributed by atoms with Gasteiger partial charge in [0.15, 0.2) is 0 Å². The van der Waals surface area contributed by atoms with Crippen LogP contribution in [-0.4, -0.2) is 51.7 Å². The lowest BCUT2D eigenvalue weighted by atomic mass is 10.0. The zero-order valence-electron chi connectivity index (χ0n) is 20.0. The van der Waals surface area contributed by atoms with E-state index in [0.29, 0.717) is 12.6 Å². The maximum absolute atomic E-state index is 12.0. The van der Waals surface area contributed by atoms with E-state index in [2.05, 4.69) is 47.4 Å². The van der Waals surface area contributed by atoms with Gasteiger partial charge in [-0.1, -0.05) is 0 Å². The fourth-order valence-electron chi connectivity index (χ4n) is 3.85. The maximum atomic E-state index is 12.0. The summed E-state index contributed by atoms with van der Waals surface area (Å²) in [6.07, 6.45) is 4.59. The highest BCUT2D eigenvalue weighted by Gasteiger charge is 2.32. The van der Waals surface area contributed by atoms with Crippen LogP contribution in [0.25, 0.3) is 0 Å². The van der Waals surface area contributed by atoms with Crippen LogP contribution in [0.15, 0.2) is 18.3 Å². The summed E-state index contributed by atoms with van der Waals surface area (Å²) >= 11 is 0. The third-order valence-electron chi connectivity index (χ3n) is 5.36. The van der Waals surface area contributed by atoms with Crippen LogP contribution in [0.3, 0.4) is 0 Å². The van der Waals surface area contributed by atoms with E-state index < -0.39 is 0 Å². The van der Waals surface area contributed by atoms with Gasteiger partial charge in [-0.3, -0.25) is 0 Å². The summed E-state index contributed by atoms with van der Waals surface area (Å²) in [6.45, 7) is 10.8. The zero-order valence-corrected chi connectivity index (χ0v) is 20.0. The molecule has 0 saturated heterocycles. The van der Waals surface area contributed by atoms with Crippen molar-refractivity contribution in [2.24, 2.45) is 0 Å². The normalized spacial score (nSPS) is 18.7. The molecule has 2 heterocycles. The molecule has 176 valence electrons. The number of hydrogen-bond donors (Lipinski definition) is 2. The van der Waals surface area contributed by atoms with Gasteiger partial charge < -0.3 is 20.1 Å². The van der Waals surface area contributed by atoms with Crippen LogP contribution >= 0.6 is 0 Å². The van der Waals surface area contributed by atoms with Gasteiger partial charge in [-0.2, -0.15) is 5.10 Å². The second-order valence-electron chi connectivity index (χ2n) is 9.61. The largest absolute Gasteiger partial charge is 0.446 e. The predicted molar refractivity (Wildman–Crippen MR) is 123 cm³/mol. The van der Waals surface area contributed by atoms with E-state index in [1.165, 1.54) is 0 Å². The molecule has 0 aliphatic heterocycles. The number of aromatic nitrogens is 4. The monoisotopic (exact) mass is 444 g/mol. The van der Waals surface area contributed by atoms with Gasteiger partial charge in [0.2, 0.25) is 5.95 Å². The summed E-state index contributed by atoms with van der Waals surface area (Å²) in [5.41, 5.74) is 1.69. The summed E-state index contributed by atoms with van der Waals surface area (Å²) in [4.78, 5) is 20.9. The highest BCUT2D eigenvalue weighted by molar-refractivity contribution is 5.67. The lowest BCUT2D eigenvalue weighted by Crippen LogP contribution is -2.33. The molecule has 9 nitrogen and oxygen atoms in total. The second-order valence-corrected chi connectivity index (χ2v) is 9.61. The summed E-state index contributed by atoms with van der Waals surface area (Å²) in [5.74, 6) is 1.62. The lowest BCUT2D eigenvalue weighted by molar-refractivity contribution is 0.0981. The molecule has 9 heteroatoms. The molecule has 1 amide bonds. The Morgan fingerprint density at radius 1 is 1.31 bits per heavy atom. The fraction of sp³-hybridized carbons (Fsp3) is 0.652. The Bertz CT molecular complexity index is 905. The Hall–Kier alpha value is -2.68. The second kappa shape index (κ2) is 10.3. The molecule has 0 bridgehead atoms. The molecule has 32 heavy (non-hydrogen) atoms. The van der Waals surface area contributed by atoms with Crippen molar-refractivity contribution in [1.82, 2.24) is 25.1 Å². The summed E-state index contributed by atoms with van der Waals surface area (Å²) in [7, 11) is 1.68. The van der Waals surface area contributed by atoms with Crippen LogP contribution in [0.4, 0.5) is 16.6 Å².